The van der Waals surface area contributed by atoms with Crippen molar-refractivity contribution in [3.8, 4) is 0 Å². The molecule has 7 nitrogen and oxygen atoms in total. The van der Waals surface area contributed by atoms with Crippen LogP contribution in [0.1, 0.15) is 29.9 Å². The molecule has 0 spiro atoms. The van der Waals surface area contributed by atoms with E-state index in [1.807, 2.05) is 4.90 Å². The Labute approximate surface area is 99.2 Å². The van der Waals surface area contributed by atoms with E-state index < -0.39 is 0 Å². The van der Waals surface area contributed by atoms with Gasteiger partial charge < -0.3 is 4.90 Å². The second kappa shape index (κ2) is 4.40. The van der Waals surface area contributed by atoms with Gasteiger partial charge in [0.15, 0.2) is 0 Å². The Morgan fingerprint density at radius 3 is 3.00 bits per heavy atom. The van der Waals surface area contributed by atoms with Crippen LogP contribution in [0.5, 0.6) is 0 Å². The number of carbonyl (C=O) groups is 1. The lowest BCUT2D eigenvalue weighted by molar-refractivity contribution is 0.0731. The Balaban J connectivity index is 1.72. The number of aromatic nitrogens is 4. The summed E-state index contributed by atoms with van der Waals surface area (Å²) in [5.41, 5.74) is 0. The zero-order chi connectivity index (χ0) is 11.7. The highest BCUT2D eigenvalue weighted by molar-refractivity contribution is 5.90. The van der Waals surface area contributed by atoms with Crippen LogP contribution in [0.4, 0.5) is 0 Å². The zero-order valence-corrected chi connectivity index (χ0v) is 9.67. The van der Waals surface area contributed by atoms with Crippen molar-refractivity contribution in [2.24, 2.45) is 0 Å². The van der Waals surface area contributed by atoms with Crippen molar-refractivity contribution < 1.29 is 4.79 Å². The molecule has 2 saturated heterocycles. The highest BCUT2D eigenvalue weighted by Gasteiger charge is 2.31. The van der Waals surface area contributed by atoms with E-state index in [1.165, 1.54) is 19.4 Å². The van der Waals surface area contributed by atoms with Crippen molar-refractivity contribution in [1.82, 2.24) is 30.4 Å². The Kier molecular flexibility index (Phi) is 2.76. The molecule has 1 aromatic rings. The van der Waals surface area contributed by atoms with Crippen LogP contribution >= 0.6 is 0 Å². The SMILES string of the molecule is O=C(c1nn[nH]n1)N1CCCN2CCCC2C1. The highest BCUT2D eigenvalue weighted by atomic mass is 16.2. The average Bonchev–Trinajstić information content (AvgIpc) is 2.96. The number of H-pyrrole nitrogens is 1. The Morgan fingerprint density at radius 1 is 1.29 bits per heavy atom. The maximum Gasteiger partial charge on any atom is 0.295 e. The van der Waals surface area contributed by atoms with Gasteiger partial charge in [0.05, 0.1) is 0 Å². The van der Waals surface area contributed by atoms with Gasteiger partial charge in [0.25, 0.3) is 11.7 Å². The van der Waals surface area contributed by atoms with Gasteiger partial charge in [0.1, 0.15) is 0 Å². The van der Waals surface area contributed by atoms with Gasteiger partial charge in [-0.1, -0.05) is 0 Å². The average molecular weight is 236 g/mol. The molecular formula is C10H16N6O. The van der Waals surface area contributed by atoms with Crippen molar-refractivity contribution in [2.75, 3.05) is 26.2 Å². The largest absolute Gasteiger partial charge is 0.334 e. The molecule has 7 heteroatoms. The lowest BCUT2D eigenvalue weighted by atomic mass is 10.2. The van der Waals surface area contributed by atoms with Crippen LogP contribution in [0.2, 0.25) is 0 Å². The van der Waals surface area contributed by atoms with Gasteiger partial charge in [-0.2, -0.15) is 5.21 Å². The lowest BCUT2D eigenvalue weighted by Crippen LogP contribution is -2.40. The van der Waals surface area contributed by atoms with Gasteiger partial charge in [-0.25, -0.2) is 0 Å². The molecule has 1 N–H and O–H groups in total. The fraction of sp³-hybridized carbons (Fsp3) is 0.800. The first kappa shape index (κ1) is 10.6. The summed E-state index contributed by atoms with van der Waals surface area (Å²) in [4.78, 5) is 16.5. The van der Waals surface area contributed by atoms with Gasteiger partial charge >= 0.3 is 0 Å². The predicted molar refractivity (Wildman–Crippen MR) is 59.3 cm³/mol. The molecule has 0 bridgehead atoms. The third kappa shape index (κ3) is 2.02. The van der Waals surface area contributed by atoms with Crippen molar-refractivity contribution in [3.05, 3.63) is 5.82 Å². The molecule has 0 saturated carbocycles. The summed E-state index contributed by atoms with van der Waals surface area (Å²) in [6, 6.07) is 0.522. The summed E-state index contributed by atoms with van der Waals surface area (Å²) in [6.07, 6.45) is 3.46. The fourth-order valence-corrected chi connectivity index (χ4v) is 2.78. The summed E-state index contributed by atoms with van der Waals surface area (Å²) >= 11 is 0. The molecule has 1 unspecified atom stereocenters. The molecule has 92 valence electrons. The monoisotopic (exact) mass is 236 g/mol. The Morgan fingerprint density at radius 2 is 2.18 bits per heavy atom. The van der Waals surface area contributed by atoms with Crippen molar-refractivity contribution in [2.45, 2.75) is 25.3 Å². The molecule has 0 radical (unpaired) electrons. The molecule has 1 atom stereocenters. The molecular weight excluding hydrogens is 220 g/mol. The molecule has 2 aliphatic rings. The van der Waals surface area contributed by atoms with E-state index in [4.69, 9.17) is 0 Å². The normalized spacial score (nSPS) is 25.6. The lowest BCUT2D eigenvalue weighted by Gasteiger charge is -2.24. The van der Waals surface area contributed by atoms with Crippen LogP contribution in [-0.4, -0.2) is 68.6 Å². The molecule has 17 heavy (non-hydrogen) atoms. The predicted octanol–water partition coefficient (Wildman–Crippen LogP) is -0.490. The Bertz CT molecular complexity index is 392. The quantitative estimate of drug-likeness (QED) is 0.712. The second-order valence-corrected chi connectivity index (χ2v) is 4.67. The Hall–Kier alpha value is -1.50. The summed E-state index contributed by atoms with van der Waals surface area (Å²) < 4.78 is 0. The first-order chi connectivity index (χ1) is 8.34. The first-order valence-corrected chi connectivity index (χ1v) is 6.11. The number of rotatable bonds is 1. The van der Waals surface area contributed by atoms with E-state index in [0.717, 1.165) is 26.1 Å². The van der Waals surface area contributed by atoms with Crippen LogP contribution in [0, 0.1) is 0 Å². The van der Waals surface area contributed by atoms with Crippen LogP contribution < -0.4 is 0 Å². The van der Waals surface area contributed by atoms with E-state index in [1.54, 1.807) is 0 Å². The number of nitrogens with one attached hydrogen (secondary N) is 1. The number of nitrogens with zero attached hydrogens (tertiary/aromatic N) is 5. The van der Waals surface area contributed by atoms with Gasteiger partial charge in [-0.3, -0.25) is 9.69 Å². The van der Waals surface area contributed by atoms with Crippen LogP contribution in [0.15, 0.2) is 0 Å². The van der Waals surface area contributed by atoms with E-state index >= 15 is 0 Å². The maximum atomic E-state index is 12.1. The van der Waals surface area contributed by atoms with Gasteiger partial charge in [0.2, 0.25) is 0 Å². The summed E-state index contributed by atoms with van der Waals surface area (Å²) in [5.74, 6) is 0.0731. The van der Waals surface area contributed by atoms with Crippen LogP contribution in [-0.2, 0) is 0 Å². The topological polar surface area (TPSA) is 78.0 Å². The van der Waals surface area contributed by atoms with Crippen LogP contribution in [0.3, 0.4) is 0 Å². The number of fused-ring (bicyclic) bond motifs is 1. The number of carbonyl (C=O) groups excluding carboxylic acids is 1. The third-order valence-corrected chi connectivity index (χ3v) is 3.63. The van der Waals surface area contributed by atoms with E-state index in [9.17, 15) is 4.79 Å². The second-order valence-electron chi connectivity index (χ2n) is 4.67. The minimum atomic E-state index is -0.104. The highest BCUT2D eigenvalue weighted by Crippen LogP contribution is 2.21. The minimum Gasteiger partial charge on any atom is -0.334 e. The fourth-order valence-electron chi connectivity index (χ4n) is 2.78. The molecule has 1 aromatic heterocycles. The van der Waals surface area contributed by atoms with Crippen LogP contribution in [0.25, 0.3) is 0 Å². The number of aromatic amines is 1. The summed E-state index contributed by atoms with van der Waals surface area (Å²) in [5, 5.41) is 13.3. The molecule has 0 aliphatic carbocycles. The van der Waals surface area contributed by atoms with E-state index in [-0.39, 0.29) is 11.7 Å². The number of hydrogen-bond acceptors (Lipinski definition) is 5. The minimum absolute atomic E-state index is 0.104. The first-order valence-electron chi connectivity index (χ1n) is 6.11. The number of amides is 1. The zero-order valence-electron chi connectivity index (χ0n) is 9.67. The van der Waals surface area contributed by atoms with Crippen molar-refractivity contribution in [3.63, 3.8) is 0 Å². The molecule has 3 heterocycles. The summed E-state index contributed by atoms with van der Waals surface area (Å²) in [7, 11) is 0. The molecule has 3 rings (SSSR count). The van der Waals surface area contributed by atoms with Crippen molar-refractivity contribution >= 4 is 5.91 Å². The number of hydrogen-bond donors (Lipinski definition) is 1. The summed E-state index contributed by atoms with van der Waals surface area (Å²) in [6.45, 7) is 3.86. The molecule has 2 aliphatic heterocycles. The van der Waals surface area contributed by atoms with E-state index in [0.29, 0.717) is 6.04 Å². The smallest absolute Gasteiger partial charge is 0.295 e. The van der Waals surface area contributed by atoms with Gasteiger partial charge in [-0.05, 0) is 31.0 Å². The van der Waals surface area contributed by atoms with E-state index in [2.05, 4.69) is 25.5 Å². The van der Waals surface area contributed by atoms with Gasteiger partial charge in [0, 0.05) is 25.7 Å². The van der Waals surface area contributed by atoms with Crippen molar-refractivity contribution in [1.29, 1.82) is 0 Å². The molecule has 2 fully saturated rings. The molecule has 0 aromatic carbocycles. The third-order valence-electron chi connectivity index (χ3n) is 3.63. The number of tetrazole rings is 1. The van der Waals surface area contributed by atoms with Gasteiger partial charge in [-0.15, -0.1) is 10.2 Å². The maximum absolute atomic E-state index is 12.1. The standard InChI is InChI=1S/C10H16N6O/c17-10(9-11-13-14-12-9)16-6-2-5-15-4-1-3-8(15)7-16/h8H,1-7H2,(H,11,12,13,14). The molecule has 1 amide bonds.